The Morgan fingerprint density at radius 3 is 2.88 bits per heavy atom. The number of hydrogen-bond acceptors (Lipinski definition) is 3. The highest BCUT2D eigenvalue weighted by Crippen LogP contribution is 1.98. The number of aliphatic hydroxyl groups is 1. The third kappa shape index (κ3) is 3.97. The molecule has 8 heavy (non-hydrogen) atoms. The van der Waals surface area contributed by atoms with E-state index < -0.39 is 6.10 Å². The highest BCUT2D eigenvalue weighted by molar-refractivity contribution is 7.98. The molecule has 1 N–H and O–H groups in total. The minimum atomic E-state index is -0.762. The second-order valence-corrected chi connectivity index (χ2v) is 2.41. The standard InChI is InChI=1S/C5H9NOS/c1-8-3-2-5(7)4-6/h5,7H,2-3H2,1H3/t5-/m1/s1. The quantitative estimate of drug-likeness (QED) is 0.571. The Kier molecular flexibility index (Phi) is 4.82. The summed E-state index contributed by atoms with van der Waals surface area (Å²) in [6, 6.07) is 1.74. The van der Waals surface area contributed by atoms with Gasteiger partial charge in [-0.2, -0.15) is 17.0 Å². The van der Waals surface area contributed by atoms with Crippen molar-refractivity contribution in [2.45, 2.75) is 12.5 Å². The van der Waals surface area contributed by atoms with Crippen LogP contribution in [0.25, 0.3) is 0 Å². The molecule has 0 bridgehead atoms. The first-order chi connectivity index (χ1) is 3.81. The van der Waals surface area contributed by atoms with E-state index in [1.165, 1.54) is 0 Å². The number of rotatable bonds is 3. The van der Waals surface area contributed by atoms with Crippen LogP contribution in [0.3, 0.4) is 0 Å². The Morgan fingerprint density at radius 2 is 2.50 bits per heavy atom. The number of hydrogen-bond donors (Lipinski definition) is 1. The van der Waals surface area contributed by atoms with Gasteiger partial charge < -0.3 is 5.11 Å². The molecule has 0 aromatic heterocycles. The second-order valence-electron chi connectivity index (χ2n) is 1.43. The number of aliphatic hydroxyl groups excluding tert-OH is 1. The Morgan fingerprint density at radius 1 is 1.88 bits per heavy atom. The highest BCUT2D eigenvalue weighted by atomic mass is 32.2. The lowest BCUT2D eigenvalue weighted by molar-refractivity contribution is 0.227. The lowest BCUT2D eigenvalue weighted by atomic mass is 10.3. The van der Waals surface area contributed by atoms with Crippen LogP contribution in [0.5, 0.6) is 0 Å². The highest BCUT2D eigenvalue weighted by Gasteiger charge is 1.97. The van der Waals surface area contributed by atoms with E-state index in [-0.39, 0.29) is 0 Å². The van der Waals surface area contributed by atoms with Crippen LogP contribution >= 0.6 is 11.8 Å². The zero-order valence-electron chi connectivity index (χ0n) is 4.79. The van der Waals surface area contributed by atoms with Crippen molar-refractivity contribution in [2.24, 2.45) is 0 Å². The van der Waals surface area contributed by atoms with E-state index in [9.17, 15) is 0 Å². The summed E-state index contributed by atoms with van der Waals surface area (Å²) in [5, 5.41) is 16.7. The van der Waals surface area contributed by atoms with Crippen molar-refractivity contribution in [1.82, 2.24) is 0 Å². The lowest BCUT2D eigenvalue weighted by Crippen LogP contribution is -2.02. The van der Waals surface area contributed by atoms with E-state index in [2.05, 4.69) is 0 Å². The molecule has 0 aromatic rings. The van der Waals surface area contributed by atoms with Gasteiger partial charge >= 0.3 is 0 Å². The van der Waals surface area contributed by atoms with Crippen LogP contribution in [0.1, 0.15) is 6.42 Å². The molecule has 0 saturated heterocycles. The maximum absolute atomic E-state index is 8.61. The molecular weight excluding hydrogens is 122 g/mol. The molecule has 0 saturated carbocycles. The predicted octanol–water partition coefficient (Wildman–Crippen LogP) is 0.624. The fourth-order valence-electron chi connectivity index (χ4n) is 0.294. The summed E-state index contributed by atoms with van der Waals surface area (Å²) >= 11 is 1.63. The molecule has 0 aliphatic heterocycles. The van der Waals surface area contributed by atoms with E-state index in [4.69, 9.17) is 10.4 Å². The molecule has 0 heterocycles. The molecule has 0 radical (unpaired) electrons. The number of nitrogens with zero attached hydrogens (tertiary/aromatic N) is 1. The van der Waals surface area contributed by atoms with Crippen LogP contribution in [-0.4, -0.2) is 23.2 Å². The first kappa shape index (κ1) is 7.80. The summed E-state index contributed by atoms with van der Waals surface area (Å²) in [5.74, 6) is 0.856. The van der Waals surface area contributed by atoms with Crippen molar-refractivity contribution in [3.8, 4) is 6.07 Å². The van der Waals surface area contributed by atoms with E-state index >= 15 is 0 Å². The van der Waals surface area contributed by atoms with Crippen molar-refractivity contribution in [1.29, 1.82) is 5.26 Å². The normalized spacial score (nSPS) is 12.6. The van der Waals surface area contributed by atoms with E-state index in [0.717, 1.165) is 5.75 Å². The number of nitriles is 1. The summed E-state index contributed by atoms with van der Waals surface area (Å²) < 4.78 is 0. The van der Waals surface area contributed by atoms with Crippen molar-refractivity contribution in [2.75, 3.05) is 12.0 Å². The summed E-state index contributed by atoms with van der Waals surface area (Å²) in [6.07, 6.45) is 1.77. The van der Waals surface area contributed by atoms with E-state index in [1.807, 2.05) is 6.26 Å². The third-order valence-corrected chi connectivity index (χ3v) is 1.39. The summed E-state index contributed by atoms with van der Waals surface area (Å²) in [5.41, 5.74) is 0. The van der Waals surface area contributed by atoms with Crippen molar-refractivity contribution in [3.63, 3.8) is 0 Å². The van der Waals surface area contributed by atoms with E-state index in [1.54, 1.807) is 17.8 Å². The van der Waals surface area contributed by atoms with Crippen LogP contribution in [0.4, 0.5) is 0 Å². The molecule has 0 aromatic carbocycles. The fraction of sp³-hybridized carbons (Fsp3) is 0.800. The van der Waals surface area contributed by atoms with Gasteiger partial charge in [0.15, 0.2) is 0 Å². The molecule has 0 aliphatic rings. The molecule has 0 unspecified atom stereocenters. The van der Waals surface area contributed by atoms with Gasteiger partial charge in [0.25, 0.3) is 0 Å². The van der Waals surface area contributed by atoms with Gasteiger partial charge in [0.1, 0.15) is 6.10 Å². The Balaban J connectivity index is 3.02. The molecule has 0 fully saturated rings. The van der Waals surface area contributed by atoms with Gasteiger partial charge in [-0.3, -0.25) is 0 Å². The first-order valence-corrected chi connectivity index (χ1v) is 3.77. The monoisotopic (exact) mass is 131 g/mol. The summed E-state index contributed by atoms with van der Waals surface area (Å²) in [4.78, 5) is 0. The molecule has 0 spiro atoms. The molecular formula is C5H9NOS. The maximum Gasteiger partial charge on any atom is 0.141 e. The van der Waals surface area contributed by atoms with Crippen molar-refractivity contribution < 1.29 is 5.11 Å². The first-order valence-electron chi connectivity index (χ1n) is 2.38. The van der Waals surface area contributed by atoms with Crippen LogP contribution in [-0.2, 0) is 0 Å². The zero-order chi connectivity index (χ0) is 6.41. The Bertz CT molecular complexity index is 88.9. The van der Waals surface area contributed by atoms with Crippen LogP contribution < -0.4 is 0 Å². The molecule has 2 nitrogen and oxygen atoms in total. The molecule has 46 valence electrons. The van der Waals surface area contributed by atoms with Gasteiger partial charge in [0, 0.05) is 0 Å². The molecule has 1 atom stereocenters. The lowest BCUT2D eigenvalue weighted by Gasteiger charge is -1.95. The maximum atomic E-state index is 8.61. The SMILES string of the molecule is CSCC[C@@H](O)C#N. The van der Waals surface area contributed by atoms with Gasteiger partial charge in [-0.25, -0.2) is 0 Å². The minimum absolute atomic E-state index is 0.581. The topological polar surface area (TPSA) is 44.0 Å². The molecule has 3 heteroatoms. The molecule has 0 aliphatic carbocycles. The number of thioether (sulfide) groups is 1. The van der Waals surface area contributed by atoms with E-state index in [0.29, 0.717) is 6.42 Å². The van der Waals surface area contributed by atoms with Gasteiger partial charge in [-0.1, -0.05) is 0 Å². The largest absolute Gasteiger partial charge is 0.378 e. The third-order valence-electron chi connectivity index (χ3n) is 0.744. The molecule has 0 amide bonds. The smallest absolute Gasteiger partial charge is 0.141 e. The van der Waals surface area contributed by atoms with Crippen LogP contribution in [0, 0.1) is 11.3 Å². The Labute approximate surface area is 53.5 Å². The zero-order valence-corrected chi connectivity index (χ0v) is 5.61. The summed E-state index contributed by atoms with van der Waals surface area (Å²) in [7, 11) is 0. The minimum Gasteiger partial charge on any atom is -0.378 e. The van der Waals surface area contributed by atoms with Gasteiger partial charge in [0.2, 0.25) is 0 Å². The van der Waals surface area contributed by atoms with Gasteiger partial charge in [-0.05, 0) is 18.4 Å². The predicted molar refractivity (Wildman–Crippen MR) is 34.6 cm³/mol. The second kappa shape index (κ2) is 4.95. The van der Waals surface area contributed by atoms with Gasteiger partial charge in [0.05, 0.1) is 6.07 Å². The van der Waals surface area contributed by atoms with Crippen LogP contribution in [0.15, 0.2) is 0 Å². The average Bonchev–Trinajstić information content (AvgIpc) is 1.83. The summed E-state index contributed by atoms with van der Waals surface area (Å²) in [6.45, 7) is 0. The average molecular weight is 131 g/mol. The fourth-order valence-corrected chi connectivity index (χ4v) is 0.753. The van der Waals surface area contributed by atoms with Gasteiger partial charge in [-0.15, -0.1) is 0 Å². The van der Waals surface area contributed by atoms with Crippen molar-refractivity contribution >= 4 is 11.8 Å². The van der Waals surface area contributed by atoms with Crippen molar-refractivity contribution in [3.05, 3.63) is 0 Å². The Hall–Kier alpha value is -0.200. The molecule has 0 rings (SSSR count). The van der Waals surface area contributed by atoms with Crippen LogP contribution in [0.2, 0.25) is 0 Å².